The molecule has 2 aromatic carbocycles. The Labute approximate surface area is 154 Å². The number of halogens is 2. The number of nitrogens with zero attached hydrogens (tertiary/aromatic N) is 2. The van der Waals surface area contributed by atoms with Crippen molar-refractivity contribution in [1.29, 1.82) is 0 Å². The second-order valence-electron chi connectivity index (χ2n) is 5.48. The summed E-state index contributed by atoms with van der Waals surface area (Å²) >= 11 is 0.296. The molecule has 0 spiro atoms. The van der Waals surface area contributed by atoms with Gasteiger partial charge in [-0.1, -0.05) is 23.9 Å². The fourth-order valence-corrected chi connectivity index (χ4v) is 4.41. The van der Waals surface area contributed by atoms with Gasteiger partial charge in [0.1, 0.15) is 0 Å². The van der Waals surface area contributed by atoms with Gasteiger partial charge in [-0.25, -0.2) is 0 Å². The molecule has 26 heavy (non-hydrogen) atoms. The van der Waals surface area contributed by atoms with E-state index in [-0.39, 0.29) is 10.5 Å². The number of anilines is 3. The number of nitrogens with one attached hydrogen (secondary N) is 1. The summed E-state index contributed by atoms with van der Waals surface area (Å²) in [5.74, 6) is -3.19. The Balaban J connectivity index is 1.88. The fraction of sp³-hybridized carbons (Fsp3) is 0.188. The maximum atomic E-state index is 12.7. The molecule has 1 aliphatic heterocycles. The Morgan fingerprint density at radius 3 is 2.42 bits per heavy atom. The third kappa shape index (κ3) is 3.21. The van der Waals surface area contributed by atoms with Crippen LogP contribution in [0.4, 0.5) is 25.8 Å². The number of alkyl halides is 2. The largest absolute Gasteiger partial charge is 0.326 e. The van der Waals surface area contributed by atoms with Crippen LogP contribution in [0.5, 0.6) is 0 Å². The monoisotopic (exact) mass is 399 g/mol. The van der Waals surface area contributed by atoms with E-state index in [1.54, 1.807) is 24.3 Å². The predicted octanol–water partition coefficient (Wildman–Crippen LogP) is 3.38. The zero-order valence-corrected chi connectivity index (χ0v) is 15.4. The van der Waals surface area contributed by atoms with Gasteiger partial charge >= 0.3 is 10.2 Å². The zero-order chi connectivity index (χ0) is 19.1. The van der Waals surface area contributed by atoms with Gasteiger partial charge in [0.25, 0.3) is 11.7 Å². The Hall–Kier alpha value is -2.33. The quantitative estimate of drug-likeness (QED) is 0.801. The highest BCUT2D eigenvalue weighted by molar-refractivity contribution is 7.99. The number of carbonyl (C=O) groups is 1. The first kappa shape index (κ1) is 18.5. The topological polar surface area (TPSA) is 69.7 Å². The number of amides is 1. The fourth-order valence-electron chi connectivity index (χ4n) is 2.60. The molecule has 10 heteroatoms. The molecule has 1 amide bonds. The van der Waals surface area contributed by atoms with Crippen molar-refractivity contribution in [2.24, 2.45) is 0 Å². The first-order valence-electron chi connectivity index (χ1n) is 7.44. The van der Waals surface area contributed by atoms with Crippen LogP contribution in [0.1, 0.15) is 10.4 Å². The maximum Gasteiger partial charge on any atom is 0.326 e. The molecule has 0 fully saturated rings. The highest BCUT2D eigenvalue weighted by Gasteiger charge is 2.35. The summed E-state index contributed by atoms with van der Waals surface area (Å²) < 4.78 is 51.9. The highest BCUT2D eigenvalue weighted by Crippen LogP contribution is 2.40. The van der Waals surface area contributed by atoms with Crippen LogP contribution in [-0.4, -0.2) is 34.2 Å². The van der Waals surface area contributed by atoms with Gasteiger partial charge in [-0.15, -0.1) is 0 Å². The van der Waals surface area contributed by atoms with Gasteiger partial charge in [0, 0.05) is 24.7 Å². The summed E-state index contributed by atoms with van der Waals surface area (Å²) in [6.45, 7) is 0. The van der Waals surface area contributed by atoms with E-state index in [1.165, 1.54) is 32.3 Å². The molecule has 0 aliphatic carbocycles. The van der Waals surface area contributed by atoms with Crippen LogP contribution < -0.4 is 13.9 Å². The average Bonchev–Trinajstić information content (AvgIpc) is 2.75. The van der Waals surface area contributed by atoms with Crippen LogP contribution in [0.2, 0.25) is 0 Å². The van der Waals surface area contributed by atoms with E-state index in [9.17, 15) is 22.0 Å². The summed E-state index contributed by atoms with van der Waals surface area (Å²) in [6.07, 6.45) is 0. The predicted molar refractivity (Wildman–Crippen MR) is 98.4 cm³/mol. The molecular weight excluding hydrogens is 384 g/mol. The van der Waals surface area contributed by atoms with E-state index in [4.69, 9.17) is 0 Å². The van der Waals surface area contributed by atoms with Crippen LogP contribution in [0, 0.1) is 0 Å². The van der Waals surface area contributed by atoms with Gasteiger partial charge in [-0.05, 0) is 30.3 Å². The van der Waals surface area contributed by atoms with Crippen molar-refractivity contribution in [3.63, 3.8) is 0 Å². The third-order valence-corrected chi connectivity index (χ3v) is 6.52. The summed E-state index contributed by atoms with van der Waals surface area (Å²) in [5, 5.41) is 2.63. The Morgan fingerprint density at radius 2 is 1.73 bits per heavy atom. The SMILES string of the molecule is CN1c2ccc(NC(=O)c3ccccc3SC(F)F)cc2N(C)S1(=O)=O. The Kier molecular flexibility index (Phi) is 4.80. The highest BCUT2D eigenvalue weighted by atomic mass is 32.2. The van der Waals surface area contributed by atoms with E-state index in [2.05, 4.69) is 5.32 Å². The minimum Gasteiger partial charge on any atom is -0.322 e. The number of thioether (sulfide) groups is 1. The molecule has 2 aromatic rings. The van der Waals surface area contributed by atoms with Gasteiger partial charge in [0.2, 0.25) is 0 Å². The summed E-state index contributed by atoms with van der Waals surface area (Å²) in [7, 11) is -0.760. The summed E-state index contributed by atoms with van der Waals surface area (Å²) in [4.78, 5) is 12.6. The molecule has 1 aliphatic rings. The van der Waals surface area contributed by atoms with Crippen molar-refractivity contribution in [3.05, 3.63) is 48.0 Å². The first-order chi connectivity index (χ1) is 12.2. The van der Waals surface area contributed by atoms with Gasteiger partial charge in [0.15, 0.2) is 0 Å². The number of hydrogen-bond acceptors (Lipinski definition) is 4. The van der Waals surface area contributed by atoms with Crippen molar-refractivity contribution in [3.8, 4) is 0 Å². The Bertz CT molecular complexity index is 967. The molecule has 0 bridgehead atoms. The lowest BCUT2D eigenvalue weighted by molar-refractivity contribution is 0.102. The maximum absolute atomic E-state index is 12.7. The molecule has 0 unspecified atom stereocenters. The lowest BCUT2D eigenvalue weighted by Crippen LogP contribution is -2.32. The molecule has 3 rings (SSSR count). The molecule has 0 radical (unpaired) electrons. The molecular formula is C16H15F2N3O3S2. The second kappa shape index (κ2) is 6.76. The lowest BCUT2D eigenvalue weighted by Gasteiger charge is -2.13. The Morgan fingerprint density at radius 1 is 1.08 bits per heavy atom. The first-order valence-corrected chi connectivity index (χ1v) is 9.71. The van der Waals surface area contributed by atoms with Crippen LogP contribution in [-0.2, 0) is 10.2 Å². The van der Waals surface area contributed by atoms with E-state index < -0.39 is 21.9 Å². The van der Waals surface area contributed by atoms with Crippen LogP contribution >= 0.6 is 11.8 Å². The lowest BCUT2D eigenvalue weighted by atomic mass is 10.2. The minimum atomic E-state index is -3.61. The van der Waals surface area contributed by atoms with Gasteiger partial charge in [-0.3, -0.25) is 13.4 Å². The number of carbonyl (C=O) groups excluding carboxylic acids is 1. The van der Waals surface area contributed by atoms with Crippen molar-refractivity contribution in [1.82, 2.24) is 0 Å². The summed E-state index contributed by atoms with van der Waals surface area (Å²) in [5.41, 5.74) is 1.39. The second-order valence-corrected chi connectivity index (χ2v) is 8.50. The van der Waals surface area contributed by atoms with Crippen LogP contribution in [0.15, 0.2) is 47.4 Å². The van der Waals surface area contributed by atoms with E-state index in [1.807, 2.05) is 0 Å². The van der Waals surface area contributed by atoms with Crippen molar-refractivity contribution in [2.75, 3.05) is 28.0 Å². The van der Waals surface area contributed by atoms with E-state index in [0.717, 1.165) is 8.61 Å². The number of benzene rings is 2. The molecule has 0 atom stereocenters. The van der Waals surface area contributed by atoms with Crippen LogP contribution in [0.3, 0.4) is 0 Å². The van der Waals surface area contributed by atoms with E-state index >= 15 is 0 Å². The smallest absolute Gasteiger partial charge is 0.322 e. The van der Waals surface area contributed by atoms with Gasteiger partial charge in [-0.2, -0.15) is 17.2 Å². The molecule has 138 valence electrons. The molecule has 0 saturated heterocycles. The van der Waals surface area contributed by atoms with Gasteiger partial charge in [0.05, 0.1) is 16.9 Å². The van der Waals surface area contributed by atoms with Crippen molar-refractivity contribution < 1.29 is 22.0 Å². The molecule has 0 aromatic heterocycles. The number of rotatable bonds is 4. The summed E-state index contributed by atoms with van der Waals surface area (Å²) in [6, 6.07) is 10.7. The minimum absolute atomic E-state index is 0.122. The molecule has 1 heterocycles. The van der Waals surface area contributed by atoms with Crippen molar-refractivity contribution in [2.45, 2.75) is 10.7 Å². The number of hydrogen-bond donors (Lipinski definition) is 1. The molecule has 1 N–H and O–H groups in total. The van der Waals surface area contributed by atoms with Crippen LogP contribution in [0.25, 0.3) is 0 Å². The van der Waals surface area contributed by atoms with E-state index in [0.29, 0.717) is 28.8 Å². The zero-order valence-electron chi connectivity index (χ0n) is 13.8. The molecule has 0 saturated carbocycles. The third-order valence-electron chi connectivity index (χ3n) is 3.95. The normalized spacial score (nSPS) is 15.3. The average molecular weight is 399 g/mol. The van der Waals surface area contributed by atoms with Crippen molar-refractivity contribution >= 4 is 44.9 Å². The standard InChI is InChI=1S/C16H15F2N3O3S2/c1-20-12-8-7-10(9-13(12)21(2)26(20,23)24)19-15(22)11-5-3-4-6-14(11)25-16(17)18/h3-9,16H,1-2H3,(H,19,22). The number of fused-ring (bicyclic) bond motifs is 1. The molecule has 6 nitrogen and oxygen atoms in total. The van der Waals surface area contributed by atoms with Gasteiger partial charge < -0.3 is 5.32 Å².